The molecule has 3 aromatic carbocycles. The summed E-state index contributed by atoms with van der Waals surface area (Å²) in [6.45, 7) is 5.25. The number of rotatable bonds is 7. The van der Waals surface area contributed by atoms with E-state index < -0.39 is 0 Å². The summed E-state index contributed by atoms with van der Waals surface area (Å²) in [5.74, 6) is 0.950. The fraction of sp³-hybridized carbons (Fsp3) is 0.172. The van der Waals surface area contributed by atoms with Gasteiger partial charge in [0.15, 0.2) is 0 Å². The van der Waals surface area contributed by atoms with E-state index in [4.69, 9.17) is 13.9 Å². The Labute approximate surface area is 209 Å². The molecule has 184 valence electrons. The second-order valence-electron chi connectivity index (χ2n) is 8.38. The minimum atomic E-state index is -0.281. The van der Waals surface area contributed by atoms with Gasteiger partial charge in [-0.2, -0.15) is 0 Å². The van der Waals surface area contributed by atoms with Crippen LogP contribution in [0.2, 0.25) is 0 Å². The molecule has 7 nitrogen and oxygen atoms in total. The number of carbonyl (C=O) groups is 2. The normalized spacial score (nSPS) is 11.3. The highest BCUT2D eigenvalue weighted by Crippen LogP contribution is 2.42. The average molecular weight is 485 g/mol. The predicted octanol–water partition coefficient (Wildman–Crippen LogP) is 6.43. The Balaban J connectivity index is 1.69. The summed E-state index contributed by atoms with van der Waals surface area (Å²) in [6, 6.07) is 16.7. The maximum Gasteiger partial charge on any atom is 0.248 e. The molecule has 7 heteroatoms. The van der Waals surface area contributed by atoms with E-state index in [1.807, 2.05) is 44.2 Å². The van der Waals surface area contributed by atoms with E-state index in [-0.39, 0.29) is 11.8 Å². The molecule has 0 saturated carbocycles. The number of aryl methyl sites for hydroxylation is 1. The fourth-order valence-corrected chi connectivity index (χ4v) is 4.24. The van der Waals surface area contributed by atoms with Crippen molar-refractivity contribution >= 4 is 39.7 Å². The number of hydrogen-bond acceptors (Lipinski definition) is 5. The third-order valence-corrected chi connectivity index (χ3v) is 5.89. The zero-order chi connectivity index (χ0) is 25.8. The minimum absolute atomic E-state index is 0.155. The zero-order valence-corrected chi connectivity index (χ0v) is 20.9. The van der Waals surface area contributed by atoms with Crippen LogP contribution in [0.15, 0.2) is 71.4 Å². The summed E-state index contributed by atoms with van der Waals surface area (Å²) in [6.07, 6.45) is 3.25. The van der Waals surface area contributed by atoms with Gasteiger partial charge in [0, 0.05) is 52.0 Å². The first-order valence-electron chi connectivity index (χ1n) is 11.4. The molecule has 0 atom stereocenters. The van der Waals surface area contributed by atoms with Crippen LogP contribution in [0.4, 0.5) is 11.4 Å². The van der Waals surface area contributed by atoms with Crippen molar-refractivity contribution in [3.05, 3.63) is 78.1 Å². The number of benzene rings is 3. The third-order valence-electron chi connectivity index (χ3n) is 5.89. The molecule has 1 heterocycles. The van der Waals surface area contributed by atoms with E-state index in [1.54, 1.807) is 44.7 Å². The van der Waals surface area contributed by atoms with Crippen LogP contribution in [0, 0.1) is 6.92 Å². The molecule has 1 aromatic heterocycles. The summed E-state index contributed by atoms with van der Waals surface area (Å²) in [7, 11) is 3.24. The molecule has 0 spiro atoms. The van der Waals surface area contributed by atoms with Crippen molar-refractivity contribution in [3.8, 4) is 22.6 Å². The number of para-hydroxylation sites is 1. The van der Waals surface area contributed by atoms with Crippen molar-refractivity contribution in [2.45, 2.75) is 20.8 Å². The molecule has 4 aromatic rings. The molecule has 2 amide bonds. The summed E-state index contributed by atoms with van der Waals surface area (Å²) in [4.78, 5) is 24.0. The molecular formula is C29H28N2O5. The lowest BCUT2D eigenvalue weighted by molar-refractivity contribution is -0.114. The molecule has 0 fully saturated rings. The van der Waals surface area contributed by atoms with Gasteiger partial charge in [-0.1, -0.05) is 18.2 Å². The molecule has 4 rings (SSSR count). The number of nitrogens with one attached hydrogen (secondary N) is 2. The van der Waals surface area contributed by atoms with Crippen molar-refractivity contribution in [3.63, 3.8) is 0 Å². The summed E-state index contributed by atoms with van der Waals surface area (Å²) in [5.41, 5.74) is 6.16. The topological polar surface area (TPSA) is 89.8 Å². The minimum Gasteiger partial charge on any atom is -0.496 e. The maximum absolute atomic E-state index is 12.8. The molecule has 2 N–H and O–H groups in total. The van der Waals surface area contributed by atoms with Crippen molar-refractivity contribution < 1.29 is 23.5 Å². The first-order valence-corrected chi connectivity index (χ1v) is 11.4. The lowest BCUT2D eigenvalue weighted by atomic mass is 9.96. The highest BCUT2D eigenvalue weighted by atomic mass is 16.5. The summed E-state index contributed by atoms with van der Waals surface area (Å²) >= 11 is 0. The number of furan rings is 1. The molecule has 0 radical (unpaired) electrons. The lowest BCUT2D eigenvalue weighted by Crippen LogP contribution is -2.09. The number of methoxy groups -OCH3 is 2. The Bertz CT molecular complexity index is 1470. The average Bonchev–Trinajstić information content (AvgIpc) is 3.29. The highest BCUT2D eigenvalue weighted by molar-refractivity contribution is 6.06. The van der Waals surface area contributed by atoms with Crippen LogP contribution < -0.4 is 20.1 Å². The Hall–Kier alpha value is -4.52. The molecule has 0 aliphatic rings. The standard InChI is InChI=1S/C29H28N2O5/c1-17(14-27(33)31-21-12-10-20(11-13-21)30-19(3)32)23-15-24-25(22-8-6-7-9-26(22)34-4)16-36-29(24)18(2)28(23)35-5/h6-16H,1-5H3,(H,30,32)(H,31,33)/b17-14+. The van der Waals surface area contributed by atoms with E-state index in [9.17, 15) is 9.59 Å². The van der Waals surface area contributed by atoms with Gasteiger partial charge in [-0.3, -0.25) is 9.59 Å². The van der Waals surface area contributed by atoms with E-state index in [0.29, 0.717) is 22.7 Å². The van der Waals surface area contributed by atoms with E-state index >= 15 is 0 Å². The Morgan fingerprint density at radius 2 is 1.56 bits per heavy atom. The van der Waals surface area contributed by atoms with Gasteiger partial charge >= 0.3 is 0 Å². The largest absolute Gasteiger partial charge is 0.496 e. The highest BCUT2D eigenvalue weighted by Gasteiger charge is 2.20. The SMILES string of the molecule is COc1ccccc1-c1coc2c(C)c(OC)c(/C(C)=C/C(=O)Nc3ccc(NC(C)=O)cc3)cc12. The van der Waals surface area contributed by atoms with Crippen molar-refractivity contribution in [1.82, 2.24) is 0 Å². The van der Waals surface area contributed by atoms with Gasteiger partial charge in [0.2, 0.25) is 11.8 Å². The van der Waals surface area contributed by atoms with Crippen molar-refractivity contribution in [2.24, 2.45) is 0 Å². The number of fused-ring (bicyclic) bond motifs is 1. The van der Waals surface area contributed by atoms with Crippen molar-refractivity contribution in [2.75, 3.05) is 24.9 Å². The Morgan fingerprint density at radius 3 is 2.19 bits per heavy atom. The molecule has 0 bridgehead atoms. The number of anilines is 2. The molecule has 0 aliphatic heterocycles. The number of amides is 2. The second-order valence-corrected chi connectivity index (χ2v) is 8.38. The first kappa shape index (κ1) is 24.6. The van der Waals surface area contributed by atoms with Crippen LogP contribution >= 0.6 is 0 Å². The Morgan fingerprint density at radius 1 is 0.889 bits per heavy atom. The van der Waals surface area contributed by atoms with Gasteiger partial charge in [-0.25, -0.2) is 0 Å². The summed E-state index contributed by atoms with van der Waals surface area (Å²) in [5, 5.41) is 6.45. The number of allylic oxidation sites excluding steroid dienone is 1. The van der Waals surface area contributed by atoms with E-state index in [2.05, 4.69) is 10.6 Å². The van der Waals surface area contributed by atoms with Crippen LogP contribution in [0.1, 0.15) is 25.0 Å². The van der Waals surface area contributed by atoms with E-state index in [1.165, 1.54) is 13.0 Å². The van der Waals surface area contributed by atoms with Gasteiger partial charge in [-0.15, -0.1) is 0 Å². The van der Waals surface area contributed by atoms with Crippen molar-refractivity contribution in [1.29, 1.82) is 0 Å². The third kappa shape index (κ3) is 4.95. The van der Waals surface area contributed by atoms with Crippen LogP contribution in [0.25, 0.3) is 27.7 Å². The number of hydrogen-bond donors (Lipinski definition) is 2. The summed E-state index contributed by atoms with van der Waals surface area (Å²) < 4.78 is 17.2. The molecule has 0 saturated heterocycles. The molecule has 36 heavy (non-hydrogen) atoms. The fourth-order valence-electron chi connectivity index (χ4n) is 4.24. The van der Waals surface area contributed by atoms with Crippen LogP contribution in [0.5, 0.6) is 11.5 Å². The molecule has 0 unspecified atom stereocenters. The quantitative estimate of drug-likeness (QED) is 0.295. The van der Waals surface area contributed by atoms with Crippen LogP contribution in [0.3, 0.4) is 0 Å². The van der Waals surface area contributed by atoms with E-state index in [0.717, 1.165) is 39.0 Å². The number of ether oxygens (including phenoxy) is 2. The monoisotopic (exact) mass is 484 g/mol. The van der Waals surface area contributed by atoms with Gasteiger partial charge in [0.25, 0.3) is 0 Å². The zero-order valence-electron chi connectivity index (χ0n) is 20.9. The maximum atomic E-state index is 12.8. The molecular weight excluding hydrogens is 456 g/mol. The molecule has 0 aliphatic carbocycles. The second kappa shape index (κ2) is 10.4. The predicted molar refractivity (Wildman–Crippen MR) is 143 cm³/mol. The van der Waals surface area contributed by atoms with Gasteiger partial charge in [0.1, 0.15) is 17.1 Å². The smallest absolute Gasteiger partial charge is 0.248 e. The van der Waals surface area contributed by atoms with Gasteiger partial charge in [0.05, 0.1) is 20.5 Å². The van der Waals surface area contributed by atoms with Crippen LogP contribution in [-0.2, 0) is 9.59 Å². The Kier molecular flexibility index (Phi) is 7.10. The number of carbonyl (C=O) groups excluding carboxylic acids is 2. The first-order chi connectivity index (χ1) is 17.3. The van der Waals surface area contributed by atoms with Gasteiger partial charge < -0.3 is 24.5 Å². The van der Waals surface area contributed by atoms with Gasteiger partial charge in [-0.05, 0) is 55.8 Å². The lowest BCUT2D eigenvalue weighted by Gasteiger charge is -2.14. The van der Waals surface area contributed by atoms with Crippen LogP contribution in [-0.4, -0.2) is 26.0 Å².